The number of ether oxygens (including phenoxy) is 3. The maximum absolute atomic E-state index is 12.3. The van der Waals surface area contributed by atoms with Gasteiger partial charge in [0.05, 0.1) is 11.4 Å². The molecule has 26 heavy (non-hydrogen) atoms. The van der Waals surface area contributed by atoms with Crippen molar-refractivity contribution in [2.45, 2.75) is 37.7 Å². The SMILES string of the molecule is C=C(C)C(=O)OCCOC(=O)COC1C2OS(=O)(=O)C3C(C)C4CC23C41. The van der Waals surface area contributed by atoms with Gasteiger partial charge < -0.3 is 14.2 Å². The van der Waals surface area contributed by atoms with E-state index in [0.29, 0.717) is 5.92 Å². The van der Waals surface area contributed by atoms with E-state index in [9.17, 15) is 18.0 Å². The van der Waals surface area contributed by atoms with Crippen molar-refractivity contribution >= 4 is 22.1 Å². The molecule has 7 atom stereocenters. The van der Waals surface area contributed by atoms with E-state index in [-0.39, 0.29) is 48.7 Å². The number of carbonyl (C=O) groups is 2. The zero-order chi connectivity index (χ0) is 18.9. The lowest BCUT2D eigenvalue weighted by atomic mass is 9.44. The van der Waals surface area contributed by atoms with Gasteiger partial charge in [0.15, 0.2) is 0 Å². The van der Waals surface area contributed by atoms with Crippen molar-refractivity contribution < 1.29 is 36.4 Å². The summed E-state index contributed by atoms with van der Waals surface area (Å²) in [6, 6.07) is 0. The average Bonchev–Trinajstić information content (AvgIpc) is 3.07. The van der Waals surface area contributed by atoms with Crippen LogP contribution in [0.4, 0.5) is 0 Å². The predicted molar refractivity (Wildman–Crippen MR) is 87.2 cm³/mol. The van der Waals surface area contributed by atoms with E-state index in [4.69, 9.17) is 18.4 Å². The van der Waals surface area contributed by atoms with Crippen molar-refractivity contribution in [2.24, 2.45) is 23.2 Å². The van der Waals surface area contributed by atoms with Gasteiger partial charge in [-0.1, -0.05) is 13.5 Å². The fraction of sp³-hybridized carbons (Fsp3) is 0.765. The van der Waals surface area contributed by atoms with Crippen molar-refractivity contribution in [3.63, 3.8) is 0 Å². The first-order valence-corrected chi connectivity index (χ1v) is 10.2. The molecular weight excluding hydrogens is 364 g/mol. The Kier molecular flexibility index (Phi) is 3.98. The van der Waals surface area contributed by atoms with E-state index in [1.54, 1.807) is 0 Å². The fourth-order valence-electron chi connectivity index (χ4n) is 5.53. The molecule has 1 spiro atoms. The zero-order valence-corrected chi connectivity index (χ0v) is 15.5. The van der Waals surface area contributed by atoms with Crippen LogP contribution < -0.4 is 0 Å². The molecule has 0 amide bonds. The Morgan fingerprint density at radius 3 is 2.65 bits per heavy atom. The van der Waals surface area contributed by atoms with Crippen LogP contribution in [0.25, 0.3) is 0 Å². The van der Waals surface area contributed by atoms with E-state index >= 15 is 0 Å². The van der Waals surface area contributed by atoms with Gasteiger partial charge in [-0.15, -0.1) is 0 Å². The van der Waals surface area contributed by atoms with Gasteiger partial charge >= 0.3 is 11.9 Å². The Balaban J connectivity index is 1.25. The molecule has 7 unspecified atom stereocenters. The quantitative estimate of drug-likeness (QED) is 0.268. The van der Waals surface area contributed by atoms with Crippen molar-refractivity contribution in [3.8, 4) is 0 Å². The smallest absolute Gasteiger partial charge is 0.333 e. The lowest BCUT2D eigenvalue weighted by Gasteiger charge is -2.63. The number of rotatable bonds is 7. The molecule has 1 heterocycles. The zero-order valence-electron chi connectivity index (χ0n) is 14.7. The Bertz CT molecular complexity index is 774. The summed E-state index contributed by atoms with van der Waals surface area (Å²) in [5, 5.41) is -0.426. The molecule has 2 bridgehead atoms. The third-order valence-electron chi connectivity index (χ3n) is 6.41. The Hall–Kier alpha value is -1.45. The monoisotopic (exact) mass is 386 g/mol. The van der Waals surface area contributed by atoms with Crippen molar-refractivity contribution in [1.29, 1.82) is 0 Å². The van der Waals surface area contributed by atoms with Crippen LogP contribution in [0.1, 0.15) is 20.3 Å². The predicted octanol–water partition coefficient (Wildman–Crippen LogP) is 0.417. The normalized spacial score (nSPS) is 43.0. The minimum atomic E-state index is -3.55. The molecule has 0 aromatic rings. The van der Waals surface area contributed by atoms with Crippen LogP contribution in [-0.4, -0.2) is 57.6 Å². The molecule has 4 aliphatic carbocycles. The second-order valence-corrected chi connectivity index (χ2v) is 9.39. The van der Waals surface area contributed by atoms with Gasteiger partial charge in [0.2, 0.25) is 0 Å². The Morgan fingerprint density at radius 1 is 1.27 bits per heavy atom. The van der Waals surface area contributed by atoms with Gasteiger partial charge in [-0.25, -0.2) is 9.59 Å². The summed E-state index contributed by atoms with van der Waals surface area (Å²) in [6.07, 6.45) is 0.00601. The molecule has 0 radical (unpaired) electrons. The molecule has 144 valence electrons. The van der Waals surface area contributed by atoms with Gasteiger partial charge in [-0.2, -0.15) is 8.42 Å². The maximum atomic E-state index is 12.3. The first-order valence-electron chi connectivity index (χ1n) is 8.72. The third-order valence-corrected chi connectivity index (χ3v) is 8.37. The van der Waals surface area contributed by atoms with Crippen molar-refractivity contribution in [2.75, 3.05) is 19.8 Å². The van der Waals surface area contributed by atoms with Crippen LogP contribution in [0.2, 0.25) is 0 Å². The summed E-state index contributed by atoms with van der Waals surface area (Å²) in [7, 11) is -3.55. The van der Waals surface area contributed by atoms with Gasteiger partial charge in [0.1, 0.15) is 25.9 Å². The topological polar surface area (TPSA) is 105 Å². The standard InChI is InChI=1S/C17H22O8S/c1-8(2)16(19)23-5-4-22-11(18)7-24-13-12-10-6-17(12)14(13)25-26(20,21)15(17)9(10)3/h9-10,12-15H,1,4-7H2,2-3H3. The minimum Gasteiger partial charge on any atom is -0.460 e. The minimum absolute atomic E-state index is 0.0577. The number of hydrogen-bond donors (Lipinski definition) is 0. The molecular formula is C17H22O8S. The van der Waals surface area contributed by atoms with Crippen LogP contribution in [0.15, 0.2) is 12.2 Å². The van der Waals surface area contributed by atoms with Gasteiger partial charge in [-0.3, -0.25) is 4.18 Å². The highest BCUT2D eigenvalue weighted by Gasteiger charge is 2.88. The first-order chi connectivity index (χ1) is 12.2. The van der Waals surface area contributed by atoms with Crippen molar-refractivity contribution in [3.05, 3.63) is 12.2 Å². The Labute approximate surface area is 151 Å². The highest BCUT2D eigenvalue weighted by atomic mass is 32.2. The van der Waals surface area contributed by atoms with E-state index < -0.39 is 33.4 Å². The summed E-state index contributed by atoms with van der Waals surface area (Å²) in [5.41, 5.74) is -0.0263. The van der Waals surface area contributed by atoms with Crippen LogP contribution in [0, 0.1) is 23.2 Å². The summed E-state index contributed by atoms with van der Waals surface area (Å²) < 4.78 is 45.3. The van der Waals surface area contributed by atoms with Gasteiger partial charge in [-0.05, 0) is 25.2 Å². The summed E-state index contributed by atoms with van der Waals surface area (Å²) in [4.78, 5) is 23.0. The molecule has 5 aliphatic rings. The van der Waals surface area contributed by atoms with Crippen LogP contribution in [0.5, 0.6) is 0 Å². The third kappa shape index (κ3) is 2.23. The highest BCUT2D eigenvalue weighted by Crippen LogP contribution is 2.80. The molecule has 1 aliphatic heterocycles. The molecule has 1 saturated heterocycles. The second-order valence-electron chi connectivity index (χ2n) is 7.71. The molecule has 0 N–H and O–H groups in total. The maximum Gasteiger partial charge on any atom is 0.333 e. The average molecular weight is 386 g/mol. The summed E-state index contributed by atoms with van der Waals surface area (Å²) >= 11 is 0. The van der Waals surface area contributed by atoms with Crippen LogP contribution in [0.3, 0.4) is 0 Å². The van der Waals surface area contributed by atoms with Crippen LogP contribution >= 0.6 is 0 Å². The molecule has 8 nitrogen and oxygen atoms in total. The molecule has 0 aromatic carbocycles. The van der Waals surface area contributed by atoms with Gasteiger partial charge in [0.25, 0.3) is 10.1 Å². The lowest BCUT2D eigenvalue weighted by Crippen LogP contribution is -2.71. The van der Waals surface area contributed by atoms with E-state index in [2.05, 4.69) is 6.58 Å². The highest BCUT2D eigenvalue weighted by molar-refractivity contribution is 7.87. The molecule has 5 fully saturated rings. The molecule has 0 aromatic heterocycles. The molecule has 4 saturated carbocycles. The second kappa shape index (κ2) is 5.77. The molecule has 9 heteroatoms. The summed E-state index contributed by atoms with van der Waals surface area (Å²) in [6.45, 7) is 6.52. The number of esters is 2. The lowest BCUT2D eigenvalue weighted by molar-refractivity contribution is -0.260. The van der Waals surface area contributed by atoms with Crippen LogP contribution in [-0.2, 0) is 38.1 Å². The number of hydrogen-bond acceptors (Lipinski definition) is 8. The summed E-state index contributed by atoms with van der Waals surface area (Å²) in [5.74, 6) is -0.597. The Morgan fingerprint density at radius 2 is 1.96 bits per heavy atom. The molecule has 5 rings (SSSR count). The largest absolute Gasteiger partial charge is 0.460 e. The first kappa shape index (κ1) is 17.9. The van der Waals surface area contributed by atoms with E-state index in [0.717, 1.165) is 6.42 Å². The van der Waals surface area contributed by atoms with E-state index in [1.165, 1.54) is 6.92 Å². The fourth-order valence-corrected chi connectivity index (χ4v) is 7.88. The number of carbonyl (C=O) groups excluding carboxylic acids is 2. The van der Waals surface area contributed by atoms with Gasteiger partial charge in [0, 0.05) is 16.9 Å². The van der Waals surface area contributed by atoms with E-state index in [1.807, 2.05) is 6.92 Å². The van der Waals surface area contributed by atoms with Crippen molar-refractivity contribution in [1.82, 2.24) is 0 Å².